The Bertz CT molecular complexity index is 839. The largest absolute Gasteiger partial charge is 0.493 e. The van der Waals surface area contributed by atoms with E-state index in [2.05, 4.69) is 20.9 Å². The molecular formula is C21H28N4O4. The molecule has 0 aromatic heterocycles. The molecule has 0 saturated heterocycles. The van der Waals surface area contributed by atoms with E-state index in [9.17, 15) is 4.79 Å². The van der Waals surface area contributed by atoms with Crippen LogP contribution >= 0.6 is 0 Å². The molecule has 2 rings (SSSR count). The first-order chi connectivity index (χ1) is 14.0. The average molecular weight is 400 g/mol. The van der Waals surface area contributed by atoms with Gasteiger partial charge in [0.25, 0.3) is 0 Å². The van der Waals surface area contributed by atoms with Gasteiger partial charge in [-0.3, -0.25) is 9.79 Å². The fourth-order valence-corrected chi connectivity index (χ4v) is 2.54. The number of amides is 1. The predicted octanol–water partition coefficient (Wildman–Crippen LogP) is 3.12. The third-order valence-corrected chi connectivity index (χ3v) is 3.77. The molecule has 156 valence electrons. The van der Waals surface area contributed by atoms with Crippen molar-refractivity contribution in [3.05, 3.63) is 42.5 Å². The zero-order valence-electron chi connectivity index (χ0n) is 17.2. The summed E-state index contributed by atoms with van der Waals surface area (Å²) in [5.74, 6) is 2.50. The number of methoxy groups -OCH3 is 1. The Hall–Kier alpha value is -3.42. The maximum atomic E-state index is 11.1. The molecule has 0 bridgehead atoms. The van der Waals surface area contributed by atoms with Crippen LogP contribution in [0, 0.1) is 0 Å². The number of ether oxygens (including phenoxy) is 3. The lowest BCUT2D eigenvalue weighted by atomic mass is 10.2. The Labute approximate surface area is 171 Å². The Morgan fingerprint density at radius 3 is 2.52 bits per heavy atom. The Morgan fingerprint density at radius 1 is 1.03 bits per heavy atom. The monoisotopic (exact) mass is 400 g/mol. The maximum Gasteiger partial charge on any atom is 0.221 e. The molecule has 0 radical (unpaired) electrons. The van der Waals surface area contributed by atoms with E-state index in [1.165, 1.54) is 6.92 Å². The zero-order valence-corrected chi connectivity index (χ0v) is 17.2. The molecule has 0 aliphatic rings. The molecule has 0 saturated carbocycles. The second-order valence-corrected chi connectivity index (χ2v) is 5.98. The van der Waals surface area contributed by atoms with Crippen molar-refractivity contribution in [2.75, 3.05) is 44.5 Å². The first-order valence-corrected chi connectivity index (χ1v) is 9.34. The summed E-state index contributed by atoms with van der Waals surface area (Å²) in [6.45, 7) is 4.93. The number of carbonyl (C=O) groups excluding carboxylic acids is 1. The van der Waals surface area contributed by atoms with E-state index < -0.39 is 0 Å². The van der Waals surface area contributed by atoms with Crippen LogP contribution in [0.4, 0.5) is 11.4 Å². The average Bonchev–Trinajstić information content (AvgIpc) is 2.71. The van der Waals surface area contributed by atoms with E-state index in [0.29, 0.717) is 48.7 Å². The number of nitrogens with one attached hydrogen (secondary N) is 3. The van der Waals surface area contributed by atoms with Gasteiger partial charge in [0.05, 0.1) is 20.3 Å². The second-order valence-electron chi connectivity index (χ2n) is 5.98. The van der Waals surface area contributed by atoms with Crippen LogP contribution in [0.3, 0.4) is 0 Å². The Kier molecular flexibility index (Phi) is 8.62. The van der Waals surface area contributed by atoms with E-state index in [4.69, 9.17) is 14.2 Å². The normalized spacial score (nSPS) is 10.8. The highest BCUT2D eigenvalue weighted by Crippen LogP contribution is 2.30. The number of aliphatic imine (C=N–C) groups is 1. The molecule has 0 aliphatic heterocycles. The number of hydrogen-bond donors (Lipinski definition) is 3. The van der Waals surface area contributed by atoms with Gasteiger partial charge in [-0.15, -0.1) is 0 Å². The molecule has 0 fully saturated rings. The van der Waals surface area contributed by atoms with Gasteiger partial charge in [-0.1, -0.05) is 6.07 Å². The lowest BCUT2D eigenvalue weighted by Gasteiger charge is -2.15. The highest BCUT2D eigenvalue weighted by atomic mass is 16.5. The van der Waals surface area contributed by atoms with Gasteiger partial charge < -0.3 is 30.2 Å². The molecule has 0 spiro atoms. The van der Waals surface area contributed by atoms with Crippen molar-refractivity contribution < 1.29 is 19.0 Å². The fourth-order valence-electron chi connectivity index (χ4n) is 2.54. The third-order valence-electron chi connectivity index (χ3n) is 3.77. The number of guanidine groups is 1. The maximum absolute atomic E-state index is 11.1. The standard InChI is InChI=1S/C21H28N4O4/c1-5-28-19-10-9-17(14-20(19)27-4)25-21(22-3)23-11-12-29-18-8-6-7-16(13-18)24-15(2)26/h6-10,13-14H,5,11-12H2,1-4H3,(H,24,26)(H2,22,23,25). The van der Waals surface area contributed by atoms with Crippen molar-refractivity contribution in [1.82, 2.24) is 5.32 Å². The quantitative estimate of drug-likeness (QED) is 0.340. The van der Waals surface area contributed by atoms with Crippen LogP contribution in [0.15, 0.2) is 47.5 Å². The SMILES string of the molecule is CCOc1ccc(NC(=NC)NCCOc2cccc(NC(C)=O)c2)cc1OC. The summed E-state index contributed by atoms with van der Waals surface area (Å²) in [7, 11) is 3.30. The van der Waals surface area contributed by atoms with Gasteiger partial charge in [0.2, 0.25) is 5.91 Å². The lowest BCUT2D eigenvalue weighted by Crippen LogP contribution is -2.33. The summed E-state index contributed by atoms with van der Waals surface area (Å²) in [6, 6.07) is 12.8. The first kappa shape index (κ1) is 21.9. The van der Waals surface area contributed by atoms with Crippen molar-refractivity contribution >= 4 is 23.2 Å². The number of carbonyl (C=O) groups is 1. The smallest absolute Gasteiger partial charge is 0.221 e. The third kappa shape index (κ3) is 7.25. The van der Waals surface area contributed by atoms with Gasteiger partial charge in [-0.05, 0) is 31.2 Å². The van der Waals surface area contributed by atoms with Crippen molar-refractivity contribution in [2.24, 2.45) is 4.99 Å². The zero-order chi connectivity index (χ0) is 21.1. The number of benzene rings is 2. The van der Waals surface area contributed by atoms with Gasteiger partial charge >= 0.3 is 0 Å². The van der Waals surface area contributed by atoms with Gasteiger partial charge in [0.15, 0.2) is 17.5 Å². The molecule has 8 heteroatoms. The lowest BCUT2D eigenvalue weighted by molar-refractivity contribution is -0.114. The molecule has 3 N–H and O–H groups in total. The Morgan fingerprint density at radius 2 is 1.83 bits per heavy atom. The number of rotatable bonds is 9. The van der Waals surface area contributed by atoms with Gasteiger partial charge in [0, 0.05) is 37.5 Å². The highest BCUT2D eigenvalue weighted by Gasteiger charge is 2.07. The highest BCUT2D eigenvalue weighted by molar-refractivity contribution is 5.93. The van der Waals surface area contributed by atoms with E-state index in [1.54, 1.807) is 20.2 Å². The van der Waals surface area contributed by atoms with Gasteiger partial charge in [-0.2, -0.15) is 0 Å². The minimum atomic E-state index is -0.121. The molecule has 0 aliphatic carbocycles. The van der Waals surface area contributed by atoms with Crippen LogP contribution in [0.25, 0.3) is 0 Å². The van der Waals surface area contributed by atoms with Gasteiger partial charge in [-0.25, -0.2) is 0 Å². The molecule has 0 atom stereocenters. The van der Waals surface area contributed by atoms with Crippen LogP contribution in [0.5, 0.6) is 17.2 Å². The topological polar surface area (TPSA) is 93.2 Å². The van der Waals surface area contributed by atoms with Crippen LogP contribution in [0.1, 0.15) is 13.8 Å². The van der Waals surface area contributed by atoms with E-state index >= 15 is 0 Å². The van der Waals surface area contributed by atoms with Crippen LogP contribution < -0.4 is 30.2 Å². The first-order valence-electron chi connectivity index (χ1n) is 9.34. The summed E-state index contributed by atoms with van der Waals surface area (Å²) >= 11 is 0. The van der Waals surface area contributed by atoms with Crippen LogP contribution in [-0.2, 0) is 4.79 Å². The van der Waals surface area contributed by atoms with Gasteiger partial charge in [0.1, 0.15) is 12.4 Å². The predicted molar refractivity (Wildman–Crippen MR) is 115 cm³/mol. The molecule has 2 aromatic rings. The van der Waals surface area contributed by atoms with E-state index in [0.717, 1.165) is 5.69 Å². The summed E-state index contributed by atoms with van der Waals surface area (Å²) in [5.41, 5.74) is 1.52. The van der Waals surface area contributed by atoms with Crippen molar-refractivity contribution in [3.63, 3.8) is 0 Å². The van der Waals surface area contributed by atoms with Crippen molar-refractivity contribution in [3.8, 4) is 17.2 Å². The molecule has 2 aromatic carbocycles. The molecule has 1 amide bonds. The summed E-state index contributed by atoms with van der Waals surface area (Å²) in [6.07, 6.45) is 0. The number of nitrogens with zero attached hydrogens (tertiary/aromatic N) is 1. The fraction of sp³-hybridized carbons (Fsp3) is 0.333. The summed E-state index contributed by atoms with van der Waals surface area (Å²) in [5, 5.41) is 9.12. The molecule has 0 heterocycles. The summed E-state index contributed by atoms with van der Waals surface area (Å²) < 4.78 is 16.6. The molecule has 0 unspecified atom stereocenters. The second kappa shape index (κ2) is 11.4. The summed E-state index contributed by atoms with van der Waals surface area (Å²) in [4.78, 5) is 15.3. The van der Waals surface area contributed by atoms with Crippen molar-refractivity contribution in [1.29, 1.82) is 0 Å². The van der Waals surface area contributed by atoms with Crippen molar-refractivity contribution in [2.45, 2.75) is 13.8 Å². The minimum absolute atomic E-state index is 0.121. The van der Waals surface area contributed by atoms with Crippen LogP contribution in [0.2, 0.25) is 0 Å². The van der Waals surface area contributed by atoms with E-state index in [1.807, 2.05) is 43.3 Å². The minimum Gasteiger partial charge on any atom is -0.493 e. The van der Waals surface area contributed by atoms with E-state index in [-0.39, 0.29) is 5.91 Å². The molecule has 8 nitrogen and oxygen atoms in total. The number of anilines is 2. The molecular weight excluding hydrogens is 372 g/mol. The molecule has 29 heavy (non-hydrogen) atoms. The van der Waals surface area contributed by atoms with Crippen LogP contribution in [-0.4, -0.2) is 45.8 Å². The number of hydrogen-bond acceptors (Lipinski definition) is 5. The Balaban J connectivity index is 1.84.